The molecule has 0 atom stereocenters. The monoisotopic (exact) mass is 663 g/mol. The Morgan fingerprint density at radius 3 is 2.49 bits per heavy atom. The zero-order valence-electron chi connectivity index (χ0n) is 24.1. The van der Waals surface area contributed by atoms with Crippen LogP contribution in [0.3, 0.4) is 0 Å². The minimum atomic E-state index is -4.89. The van der Waals surface area contributed by atoms with Crippen LogP contribution in [0.5, 0.6) is 5.75 Å². The second-order valence-electron chi connectivity index (χ2n) is 9.40. The fourth-order valence-electron chi connectivity index (χ4n) is 3.89. The number of hydrogen-bond donors (Lipinski definition) is 5. The van der Waals surface area contributed by atoms with Gasteiger partial charge >= 0.3 is 0 Å². The highest BCUT2D eigenvalue weighted by atomic mass is 35.5. The molecule has 6 N–H and O–H groups in total. The minimum Gasteiger partial charge on any atom is -0.756 e. The Morgan fingerprint density at radius 2 is 1.88 bits per heavy atom. The molecule has 3 rings (SSSR count). The van der Waals surface area contributed by atoms with Gasteiger partial charge in [0.15, 0.2) is 29.2 Å². The number of nitrogens with one attached hydrogen (secondary N) is 2. The van der Waals surface area contributed by atoms with Crippen molar-refractivity contribution in [2.45, 2.75) is 33.5 Å². The van der Waals surface area contributed by atoms with E-state index in [1.165, 1.54) is 6.20 Å². The molecule has 3 aromatic rings. The summed E-state index contributed by atoms with van der Waals surface area (Å²) in [7, 11) is -7.13. The number of rotatable bonds is 13. The van der Waals surface area contributed by atoms with Crippen LogP contribution in [-0.2, 0) is 38.3 Å². The molecule has 16 nitrogen and oxygen atoms in total. The van der Waals surface area contributed by atoms with Crippen molar-refractivity contribution < 1.29 is 47.4 Å². The van der Waals surface area contributed by atoms with Gasteiger partial charge in [-0.2, -0.15) is 0 Å². The molecular formula is C24H36ClN7O9P2. The summed E-state index contributed by atoms with van der Waals surface area (Å²) in [6.07, 6.45) is 1.47. The van der Waals surface area contributed by atoms with Crippen LogP contribution < -0.4 is 30.6 Å². The Morgan fingerprint density at radius 1 is 1.21 bits per heavy atom. The van der Waals surface area contributed by atoms with E-state index < -0.39 is 20.9 Å². The van der Waals surface area contributed by atoms with Gasteiger partial charge < -0.3 is 45.1 Å². The van der Waals surface area contributed by atoms with Gasteiger partial charge in [0.05, 0.1) is 32.2 Å². The number of aromatic nitrogens is 4. The predicted octanol–water partition coefficient (Wildman–Crippen LogP) is 0.455. The van der Waals surface area contributed by atoms with E-state index in [0.717, 1.165) is 16.9 Å². The van der Waals surface area contributed by atoms with E-state index in [-0.39, 0.29) is 48.7 Å². The summed E-state index contributed by atoms with van der Waals surface area (Å²) in [6.45, 7) is 9.28. The third-order valence-corrected chi connectivity index (χ3v) is 6.50. The molecule has 1 aromatic carbocycles. The number of aryl methyl sites for hydroxylation is 2. The maximum atomic E-state index is 12.7. The standard InChI is InChI=1S/C24H33ClN7O5P.H3O4P/c1-5-31-17-8-7-16(37-14-20(33)27-9-10-36-15-38(3,4)35)11-18(17)32(6-2)21(31)13-29-24(34)22-23(26)28-12-19(25)30-22;1-5(2,3)4/h7-8,11-12H,5-6,9-10,13-15H2,1-4H3,(H3-,26,27,28,29,33,34);(H3,1,2,3,4). The third-order valence-electron chi connectivity index (χ3n) is 5.52. The molecule has 19 heteroatoms. The molecule has 0 bridgehead atoms. The lowest BCUT2D eigenvalue weighted by Gasteiger charge is -2.09. The number of carbonyl (C=O) groups excluding carboxylic acids is 2. The molecule has 238 valence electrons. The first-order valence-corrected chi connectivity index (χ1v) is 17.6. The van der Waals surface area contributed by atoms with Crippen LogP contribution in [0.4, 0.5) is 5.82 Å². The Labute approximate surface area is 253 Å². The number of carbonyl (C=O) groups is 2. The van der Waals surface area contributed by atoms with Gasteiger partial charge in [0.2, 0.25) is 0 Å². The number of ether oxygens (including phenoxy) is 2. The van der Waals surface area contributed by atoms with Crippen LogP contribution in [-0.4, -0.2) is 75.6 Å². The van der Waals surface area contributed by atoms with Crippen molar-refractivity contribution in [1.82, 2.24) is 25.2 Å². The molecule has 0 aliphatic rings. The SMILES string of the molecule is CCn1c(CNC(=O)c2nc(Cl)cnc2N)[n+](CC)c2ccc(OCC(=O)NCCOCP(C)(C)=O)cc21.O=P([O-])(O)O. The fraction of sp³-hybridized carbons (Fsp3) is 0.458. The van der Waals surface area contributed by atoms with Crippen molar-refractivity contribution in [3.63, 3.8) is 0 Å². The molecule has 0 saturated heterocycles. The molecule has 0 aliphatic carbocycles. The van der Waals surface area contributed by atoms with E-state index in [1.807, 2.05) is 26.0 Å². The van der Waals surface area contributed by atoms with Gasteiger partial charge in [0.1, 0.15) is 24.6 Å². The van der Waals surface area contributed by atoms with Gasteiger partial charge in [-0.15, -0.1) is 0 Å². The quantitative estimate of drug-likeness (QED) is 0.0953. The number of nitrogens with two attached hydrogens (primary N) is 1. The number of anilines is 1. The molecule has 2 amide bonds. The maximum Gasteiger partial charge on any atom is 0.277 e. The van der Waals surface area contributed by atoms with Crippen LogP contribution in [0.1, 0.15) is 30.2 Å². The van der Waals surface area contributed by atoms with E-state index in [2.05, 4.69) is 29.7 Å². The molecule has 2 heterocycles. The van der Waals surface area contributed by atoms with Crippen LogP contribution in [0.25, 0.3) is 11.0 Å². The molecule has 0 saturated carbocycles. The zero-order chi connectivity index (χ0) is 32.4. The van der Waals surface area contributed by atoms with Crippen molar-refractivity contribution in [2.75, 3.05) is 45.2 Å². The largest absolute Gasteiger partial charge is 0.756 e. The van der Waals surface area contributed by atoms with Crippen molar-refractivity contribution in [3.05, 3.63) is 41.1 Å². The lowest BCUT2D eigenvalue weighted by molar-refractivity contribution is -0.676. The number of amides is 2. The second-order valence-corrected chi connectivity index (χ2v) is 14.2. The molecule has 0 unspecified atom stereocenters. The Bertz CT molecular complexity index is 1520. The van der Waals surface area contributed by atoms with Crippen LogP contribution >= 0.6 is 26.6 Å². The first-order valence-electron chi connectivity index (χ1n) is 12.9. The number of imidazole rings is 1. The average molecular weight is 664 g/mol. The van der Waals surface area contributed by atoms with E-state index in [9.17, 15) is 14.2 Å². The highest BCUT2D eigenvalue weighted by Gasteiger charge is 2.25. The topological polar surface area (TPSA) is 235 Å². The molecule has 2 aromatic heterocycles. The van der Waals surface area contributed by atoms with Crippen LogP contribution in [0.2, 0.25) is 5.15 Å². The lowest BCUT2D eigenvalue weighted by atomic mass is 10.3. The third kappa shape index (κ3) is 12.2. The Kier molecular flexibility index (Phi) is 13.5. The number of benzene rings is 1. The molecule has 43 heavy (non-hydrogen) atoms. The summed E-state index contributed by atoms with van der Waals surface area (Å²) >= 11 is 5.87. The molecular weight excluding hydrogens is 628 g/mol. The first-order chi connectivity index (χ1) is 20.0. The van der Waals surface area contributed by atoms with Gasteiger partial charge in [-0.1, -0.05) is 11.6 Å². The van der Waals surface area contributed by atoms with Gasteiger partial charge in [-0.05, 0) is 39.3 Å². The summed E-state index contributed by atoms with van der Waals surface area (Å²) in [5.41, 5.74) is 7.62. The smallest absolute Gasteiger partial charge is 0.277 e. The minimum absolute atomic E-state index is 0.00241. The number of phosphoric acid groups is 1. The van der Waals surface area contributed by atoms with E-state index >= 15 is 0 Å². The van der Waals surface area contributed by atoms with Gasteiger partial charge in [-0.3, -0.25) is 14.2 Å². The Balaban J connectivity index is 0.00000119. The number of nitrogen functional groups attached to an aromatic ring is 1. The first kappa shape index (κ1) is 36.1. The van der Waals surface area contributed by atoms with Gasteiger partial charge in [0.25, 0.3) is 25.5 Å². The summed E-state index contributed by atoms with van der Waals surface area (Å²) in [5.74, 6) is 0.635. The fourth-order valence-corrected chi connectivity index (χ4v) is 4.59. The Hall–Kier alpha value is -3.10. The van der Waals surface area contributed by atoms with E-state index in [1.54, 1.807) is 19.4 Å². The van der Waals surface area contributed by atoms with Crippen LogP contribution in [0.15, 0.2) is 24.4 Å². The summed E-state index contributed by atoms with van der Waals surface area (Å²) in [4.78, 5) is 55.7. The summed E-state index contributed by atoms with van der Waals surface area (Å²) < 4.78 is 35.6. The van der Waals surface area contributed by atoms with Crippen molar-refractivity contribution >= 4 is 55.2 Å². The normalized spacial score (nSPS) is 11.5. The summed E-state index contributed by atoms with van der Waals surface area (Å²) in [5, 5.41) is 5.65. The van der Waals surface area contributed by atoms with Crippen molar-refractivity contribution in [1.29, 1.82) is 0 Å². The molecule has 0 radical (unpaired) electrons. The number of nitrogens with zero attached hydrogens (tertiary/aromatic N) is 4. The number of halogens is 1. The zero-order valence-corrected chi connectivity index (χ0v) is 26.7. The maximum absolute atomic E-state index is 12.7. The summed E-state index contributed by atoms with van der Waals surface area (Å²) in [6, 6.07) is 5.59. The van der Waals surface area contributed by atoms with Crippen molar-refractivity contribution in [3.8, 4) is 5.75 Å². The van der Waals surface area contributed by atoms with Gasteiger partial charge in [0, 0.05) is 12.6 Å². The molecule has 0 spiro atoms. The molecule has 0 aliphatic heterocycles. The predicted molar refractivity (Wildman–Crippen MR) is 157 cm³/mol. The second kappa shape index (κ2) is 16.1. The lowest BCUT2D eigenvalue weighted by Crippen LogP contribution is -2.40. The average Bonchev–Trinajstić information content (AvgIpc) is 3.21. The highest BCUT2D eigenvalue weighted by Crippen LogP contribution is 2.35. The van der Waals surface area contributed by atoms with E-state index in [0.29, 0.717) is 25.4 Å². The number of hydrogen-bond acceptors (Lipinski definition) is 10. The number of fused-ring (bicyclic) bond motifs is 1. The van der Waals surface area contributed by atoms with Crippen molar-refractivity contribution in [2.24, 2.45) is 0 Å². The molecule has 0 fully saturated rings. The van der Waals surface area contributed by atoms with Gasteiger partial charge in [-0.25, -0.2) is 19.1 Å². The highest BCUT2D eigenvalue weighted by molar-refractivity contribution is 7.62. The van der Waals surface area contributed by atoms with E-state index in [4.69, 9.17) is 46.1 Å². The van der Waals surface area contributed by atoms with Crippen LogP contribution in [0, 0.1) is 0 Å².